The molecule has 1 saturated carbocycles. The summed E-state index contributed by atoms with van der Waals surface area (Å²) >= 11 is 6.01. The molecular formula is C25H29ClF3N3O4. The van der Waals surface area contributed by atoms with Gasteiger partial charge >= 0.3 is 18.1 Å². The average Bonchev–Trinajstić information content (AvgIpc) is 3.18. The molecule has 1 saturated heterocycles. The smallest absolute Gasteiger partial charge is 0.384 e. The van der Waals surface area contributed by atoms with Gasteiger partial charge < -0.3 is 9.47 Å². The molecule has 4 rings (SSSR count). The van der Waals surface area contributed by atoms with Crippen molar-refractivity contribution < 1.29 is 32.2 Å². The molecule has 0 unspecified atom stereocenters. The second-order valence-corrected chi connectivity index (χ2v) is 9.99. The molecule has 2 aliphatic rings. The van der Waals surface area contributed by atoms with Crippen molar-refractivity contribution in [1.29, 1.82) is 0 Å². The molecule has 1 aromatic carbocycles. The summed E-state index contributed by atoms with van der Waals surface area (Å²) in [6.07, 6.45) is -2.37. The molecule has 11 heteroatoms. The van der Waals surface area contributed by atoms with Crippen LogP contribution >= 0.6 is 11.6 Å². The summed E-state index contributed by atoms with van der Waals surface area (Å²) in [5.41, 5.74) is 3.20. The lowest BCUT2D eigenvalue weighted by atomic mass is 9.82. The number of benzene rings is 1. The van der Waals surface area contributed by atoms with Gasteiger partial charge in [-0.2, -0.15) is 18.3 Å². The summed E-state index contributed by atoms with van der Waals surface area (Å²) in [5.74, 6) is -3.51. The monoisotopic (exact) mass is 527 g/mol. The molecule has 2 fully saturated rings. The Labute approximate surface area is 212 Å². The Kier molecular flexibility index (Phi) is 8.06. The number of halogens is 4. The minimum absolute atomic E-state index is 0.0558. The van der Waals surface area contributed by atoms with E-state index in [0.29, 0.717) is 17.4 Å². The number of aryl methyl sites for hydroxylation is 2. The SMILES string of the molecule is Cc1cc(C2CCC(N3C[C@H](C(=O)OC(=O)C(F)(F)F)OC[C@@H]3Cc3ccc(Cl)cc3)CC2)nn1C. The number of ether oxygens (including phenoxy) is 2. The van der Waals surface area contributed by atoms with E-state index in [2.05, 4.69) is 20.8 Å². The van der Waals surface area contributed by atoms with E-state index >= 15 is 0 Å². The molecule has 0 spiro atoms. The number of esters is 2. The summed E-state index contributed by atoms with van der Waals surface area (Å²) in [5, 5.41) is 5.24. The molecule has 0 bridgehead atoms. The van der Waals surface area contributed by atoms with E-state index in [1.54, 1.807) is 12.1 Å². The number of hydrogen-bond donors (Lipinski definition) is 0. The average molecular weight is 528 g/mol. The second kappa shape index (κ2) is 10.9. The van der Waals surface area contributed by atoms with Gasteiger partial charge in [-0.3, -0.25) is 9.58 Å². The van der Waals surface area contributed by atoms with Crippen molar-refractivity contribution in [2.75, 3.05) is 13.2 Å². The molecule has 196 valence electrons. The van der Waals surface area contributed by atoms with Crippen molar-refractivity contribution in [3.05, 3.63) is 52.3 Å². The molecule has 2 atom stereocenters. The topological polar surface area (TPSA) is 73.7 Å². The lowest BCUT2D eigenvalue weighted by Gasteiger charge is -2.45. The van der Waals surface area contributed by atoms with Gasteiger partial charge in [0.2, 0.25) is 0 Å². The number of rotatable bonds is 5. The Morgan fingerprint density at radius 3 is 2.42 bits per heavy atom. The molecule has 2 heterocycles. The third-order valence-corrected chi connectivity index (χ3v) is 7.38. The van der Waals surface area contributed by atoms with Gasteiger partial charge in [0.25, 0.3) is 0 Å². The molecule has 2 aromatic rings. The number of carbonyl (C=O) groups is 2. The largest absolute Gasteiger partial charge is 0.491 e. The highest BCUT2D eigenvalue weighted by Crippen LogP contribution is 2.36. The third kappa shape index (κ3) is 6.27. The van der Waals surface area contributed by atoms with E-state index in [9.17, 15) is 22.8 Å². The van der Waals surface area contributed by atoms with Crippen LogP contribution in [0.4, 0.5) is 13.2 Å². The number of alkyl halides is 3. The van der Waals surface area contributed by atoms with Crippen LogP contribution < -0.4 is 0 Å². The lowest BCUT2D eigenvalue weighted by molar-refractivity contribution is -0.207. The van der Waals surface area contributed by atoms with Crippen LogP contribution in [-0.4, -0.2) is 64.1 Å². The van der Waals surface area contributed by atoms with Gasteiger partial charge in [-0.25, -0.2) is 9.59 Å². The highest BCUT2D eigenvalue weighted by atomic mass is 35.5. The summed E-state index contributed by atoms with van der Waals surface area (Å²) in [7, 11) is 1.92. The minimum Gasteiger partial charge on any atom is -0.384 e. The van der Waals surface area contributed by atoms with Gasteiger partial charge in [-0.15, -0.1) is 0 Å². The zero-order valence-corrected chi connectivity index (χ0v) is 20.9. The molecule has 1 aliphatic heterocycles. The van der Waals surface area contributed by atoms with Crippen molar-refractivity contribution in [3.63, 3.8) is 0 Å². The summed E-state index contributed by atoms with van der Waals surface area (Å²) in [6.45, 7) is 2.20. The summed E-state index contributed by atoms with van der Waals surface area (Å²) in [4.78, 5) is 25.7. The maximum atomic E-state index is 12.6. The van der Waals surface area contributed by atoms with Crippen LogP contribution in [0.15, 0.2) is 30.3 Å². The zero-order chi connectivity index (χ0) is 26.0. The molecular weight excluding hydrogens is 499 g/mol. The van der Waals surface area contributed by atoms with Crippen LogP contribution in [0, 0.1) is 6.92 Å². The molecule has 7 nitrogen and oxygen atoms in total. The van der Waals surface area contributed by atoms with Crippen LogP contribution in [-0.2, 0) is 32.5 Å². The van der Waals surface area contributed by atoms with Crippen molar-refractivity contribution in [3.8, 4) is 0 Å². The predicted molar refractivity (Wildman–Crippen MR) is 125 cm³/mol. The highest BCUT2D eigenvalue weighted by molar-refractivity contribution is 6.30. The normalized spacial score (nSPS) is 25.5. The van der Waals surface area contributed by atoms with E-state index < -0.39 is 24.2 Å². The minimum atomic E-state index is -5.25. The number of carbonyl (C=O) groups excluding carboxylic acids is 2. The number of morpholine rings is 1. The van der Waals surface area contributed by atoms with Crippen LogP contribution in [0.5, 0.6) is 0 Å². The van der Waals surface area contributed by atoms with Gasteiger partial charge in [-0.05, 0) is 62.8 Å². The number of nitrogens with zero attached hydrogens (tertiary/aromatic N) is 3. The predicted octanol–water partition coefficient (Wildman–Crippen LogP) is 4.35. The van der Waals surface area contributed by atoms with Crippen molar-refractivity contribution in [2.24, 2.45) is 7.05 Å². The van der Waals surface area contributed by atoms with E-state index in [1.807, 2.05) is 30.8 Å². The molecule has 36 heavy (non-hydrogen) atoms. The summed E-state index contributed by atoms with van der Waals surface area (Å²) in [6, 6.07) is 9.56. The standard InChI is InChI=1S/C25H29ClF3N3O4/c1-15-11-21(30-31(15)2)17-5-9-19(10-6-17)32-13-22(23(33)36-24(34)25(27,28)29)35-14-20(32)12-16-3-7-18(26)8-4-16/h3-4,7-8,11,17,19-20,22H,5-6,9-10,12-14H2,1-2H3/t17?,19?,20-,22+/m0/s1. The first kappa shape index (κ1) is 26.6. The molecule has 0 amide bonds. The lowest BCUT2D eigenvalue weighted by Crippen LogP contribution is -2.57. The maximum absolute atomic E-state index is 12.6. The van der Waals surface area contributed by atoms with E-state index in [1.165, 1.54) is 0 Å². The van der Waals surface area contributed by atoms with Crippen molar-refractivity contribution >= 4 is 23.5 Å². The van der Waals surface area contributed by atoms with Crippen LogP contribution in [0.2, 0.25) is 5.02 Å². The van der Waals surface area contributed by atoms with Gasteiger partial charge in [0.1, 0.15) is 0 Å². The van der Waals surface area contributed by atoms with E-state index in [4.69, 9.17) is 16.3 Å². The first-order valence-electron chi connectivity index (χ1n) is 12.0. The fourth-order valence-electron chi connectivity index (χ4n) is 5.08. The third-order valence-electron chi connectivity index (χ3n) is 7.12. The van der Waals surface area contributed by atoms with Gasteiger partial charge in [0.15, 0.2) is 6.10 Å². The van der Waals surface area contributed by atoms with Crippen LogP contribution in [0.25, 0.3) is 0 Å². The Hall–Kier alpha value is -2.43. The first-order chi connectivity index (χ1) is 17.0. The van der Waals surface area contributed by atoms with Gasteiger partial charge in [-0.1, -0.05) is 23.7 Å². The molecule has 1 aromatic heterocycles. The Balaban J connectivity index is 1.46. The van der Waals surface area contributed by atoms with Gasteiger partial charge in [0.05, 0.1) is 12.3 Å². The van der Waals surface area contributed by atoms with Crippen LogP contribution in [0.3, 0.4) is 0 Å². The molecule has 0 N–H and O–H groups in total. The zero-order valence-electron chi connectivity index (χ0n) is 20.1. The Bertz CT molecular complexity index is 1060. The van der Waals surface area contributed by atoms with E-state index in [0.717, 1.165) is 42.6 Å². The van der Waals surface area contributed by atoms with Gasteiger partial charge in [0, 0.05) is 42.3 Å². The molecule has 1 aliphatic carbocycles. The fraction of sp³-hybridized carbons (Fsp3) is 0.560. The Morgan fingerprint density at radius 1 is 1.17 bits per heavy atom. The first-order valence-corrected chi connectivity index (χ1v) is 12.3. The van der Waals surface area contributed by atoms with Crippen molar-refractivity contribution in [1.82, 2.24) is 14.7 Å². The Morgan fingerprint density at radius 2 is 1.83 bits per heavy atom. The quantitative estimate of drug-likeness (QED) is 0.425. The van der Waals surface area contributed by atoms with E-state index in [-0.39, 0.29) is 25.2 Å². The second-order valence-electron chi connectivity index (χ2n) is 9.55. The fourth-order valence-corrected chi connectivity index (χ4v) is 5.21. The highest BCUT2D eigenvalue weighted by Gasteiger charge is 2.45. The summed E-state index contributed by atoms with van der Waals surface area (Å²) < 4.78 is 49.3. The maximum Gasteiger partial charge on any atom is 0.491 e. The molecule has 0 radical (unpaired) electrons. The number of hydrogen-bond acceptors (Lipinski definition) is 6. The van der Waals surface area contributed by atoms with Crippen molar-refractivity contribution in [2.45, 2.75) is 69.3 Å². The number of aromatic nitrogens is 2. The van der Waals surface area contributed by atoms with Crippen LogP contribution in [0.1, 0.15) is 48.6 Å².